The third kappa shape index (κ3) is 4.56. The van der Waals surface area contributed by atoms with E-state index in [0.29, 0.717) is 13.1 Å². The summed E-state index contributed by atoms with van der Waals surface area (Å²) in [6.07, 6.45) is 3.66. The van der Waals surface area contributed by atoms with Crippen LogP contribution in [0.4, 0.5) is 0 Å². The number of nitrogens with two attached hydrogens (primary N) is 1. The minimum atomic E-state index is -3.71. The number of hydrogen-bond donors (Lipinski definition) is 1. The van der Waals surface area contributed by atoms with Crippen LogP contribution < -0.4 is 5.73 Å². The van der Waals surface area contributed by atoms with E-state index in [9.17, 15) is 16.8 Å². The van der Waals surface area contributed by atoms with Gasteiger partial charge in [-0.25, -0.2) is 16.8 Å². The fourth-order valence-corrected chi connectivity index (χ4v) is 3.17. The first kappa shape index (κ1) is 16.1. The van der Waals surface area contributed by atoms with Crippen molar-refractivity contribution in [1.29, 1.82) is 0 Å². The Labute approximate surface area is 113 Å². The summed E-state index contributed by atoms with van der Waals surface area (Å²) in [7, 11) is -5.59. The minimum absolute atomic E-state index is 0.0250. The maximum absolute atomic E-state index is 12.1. The normalized spacial score (nSPS) is 13.1. The molecule has 0 aromatic carbocycles. The topological polar surface area (TPSA) is 115 Å². The number of hydrogen-bond acceptors (Lipinski definition) is 6. The fraction of sp³-hybridized carbons (Fsp3) is 0.667. The van der Waals surface area contributed by atoms with Crippen LogP contribution in [0.3, 0.4) is 0 Å². The maximum Gasteiger partial charge on any atom is 0.245 e. The number of nitrogens with zero attached hydrogens (tertiary/aromatic N) is 3. The smallest absolute Gasteiger partial charge is 0.245 e. The van der Waals surface area contributed by atoms with E-state index in [2.05, 4.69) is 5.10 Å². The number of aromatic nitrogens is 2. The summed E-state index contributed by atoms with van der Waals surface area (Å²) in [5, 5.41) is 3.88. The molecule has 0 bridgehead atoms. The molecule has 19 heavy (non-hydrogen) atoms. The second-order valence-corrected chi connectivity index (χ2v) is 8.49. The number of sulfone groups is 1. The number of rotatable bonds is 7. The van der Waals surface area contributed by atoms with Gasteiger partial charge in [-0.1, -0.05) is 0 Å². The average Bonchev–Trinajstić information content (AvgIpc) is 2.74. The van der Waals surface area contributed by atoms with Crippen molar-refractivity contribution in [1.82, 2.24) is 14.1 Å². The highest BCUT2D eigenvalue weighted by atomic mass is 32.2. The molecule has 0 fully saturated rings. The molecule has 0 radical (unpaired) electrons. The molecule has 0 aliphatic carbocycles. The van der Waals surface area contributed by atoms with Gasteiger partial charge < -0.3 is 5.73 Å². The molecule has 0 aliphatic heterocycles. The van der Waals surface area contributed by atoms with E-state index in [0.717, 1.165) is 10.6 Å². The monoisotopic (exact) mass is 310 g/mol. The van der Waals surface area contributed by atoms with Crippen molar-refractivity contribution >= 4 is 19.9 Å². The average molecular weight is 310 g/mol. The molecule has 8 nitrogen and oxygen atoms in total. The zero-order chi connectivity index (χ0) is 14.7. The zero-order valence-electron chi connectivity index (χ0n) is 10.9. The fourth-order valence-electron chi connectivity index (χ4n) is 1.33. The van der Waals surface area contributed by atoms with E-state index >= 15 is 0 Å². The largest absolute Gasteiger partial charge is 0.329 e. The third-order valence-electron chi connectivity index (χ3n) is 2.45. The maximum atomic E-state index is 12.1. The first-order chi connectivity index (χ1) is 8.66. The van der Waals surface area contributed by atoms with Crippen LogP contribution in [0.15, 0.2) is 17.3 Å². The molecule has 0 unspecified atom stereocenters. The first-order valence-electron chi connectivity index (χ1n) is 5.53. The van der Waals surface area contributed by atoms with Gasteiger partial charge in [0, 0.05) is 32.6 Å². The van der Waals surface area contributed by atoms with Crippen LogP contribution in [0.25, 0.3) is 0 Å². The Balaban J connectivity index is 2.84. The van der Waals surface area contributed by atoms with Crippen LogP contribution in [0.2, 0.25) is 0 Å². The van der Waals surface area contributed by atoms with Crippen molar-refractivity contribution in [3.8, 4) is 0 Å². The van der Waals surface area contributed by atoms with Gasteiger partial charge in [-0.15, -0.1) is 0 Å². The Hall–Kier alpha value is -0.970. The highest BCUT2D eigenvalue weighted by Crippen LogP contribution is 2.12. The molecule has 10 heteroatoms. The molecular weight excluding hydrogens is 292 g/mol. The van der Waals surface area contributed by atoms with Gasteiger partial charge in [0.1, 0.15) is 14.7 Å². The summed E-state index contributed by atoms with van der Waals surface area (Å²) in [5.74, 6) is -0.223. The van der Waals surface area contributed by atoms with Crippen molar-refractivity contribution < 1.29 is 16.8 Å². The zero-order valence-corrected chi connectivity index (χ0v) is 12.5. The van der Waals surface area contributed by atoms with E-state index in [1.54, 1.807) is 0 Å². The Morgan fingerprint density at radius 1 is 1.37 bits per heavy atom. The van der Waals surface area contributed by atoms with Crippen LogP contribution in [0.5, 0.6) is 0 Å². The van der Waals surface area contributed by atoms with Crippen molar-refractivity contribution in [3.05, 3.63) is 12.4 Å². The summed E-state index contributed by atoms with van der Waals surface area (Å²) in [6.45, 7) is 0.677. The molecule has 1 aromatic heterocycles. The standard InChI is InChI=1S/C9H18N4O4S2/c1-12(5-6-18(2,14)15)19(16,17)9-7-11-13(8-9)4-3-10/h7-8H,3-6,10H2,1-2H3. The minimum Gasteiger partial charge on any atom is -0.329 e. The first-order valence-corrected chi connectivity index (χ1v) is 9.03. The van der Waals surface area contributed by atoms with E-state index < -0.39 is 19.9 Å². The molecule has 0 spiro atoms. The van der Waals surface area contributed by atoms with Crippen molar-refractivity contribution in [2.75, 3.05) is 32.1 Å². The molecule has 2 N–H and O–H groups in total. The number of sulfonamides is 1. The molecule has 1 aromatic rings. The summed E-state index contributed by atoms with van der Waals surface area (Å²) in [6, 6.07) is 0. The Morgan fingerprint density at radius 2 is 2.00 bits per heavy atom. The van der Waals surface area contributed by atoms with Gasteiger partial charge in [-0.05, 0) is 0 Å². The Bertz CT molecular complexity index is 620. The van der Waals surface area contributed by atoms with E-state index in [-0.39, 0.29) is 17.2 Å². The lowest BCUT2D eigenvalue weighted by molar-refractivity contribution is 0.484. The molecule has 0 amide bonds. The Morgan fingerprint density at radius 3 is 2.53 bits per heavy atom. The van der Waals surface area contributed by atoms with Crippen LogP contribution in [-0.2, 0) is 26.4 Å². The van der Waals surface area contributed by atoms with E-state index in [4.69, 9.17) is 5.73 Å². The van der Waals surface area contributed by atoms with Gasteiger partial charge in [0.25, 0.3) is 0 Å². The molecule has 110 valence electrons. The van der Waals surface area contributed by atoms with Gasteiger partial charge in [0.05, 0.1) is 18.5 Å². The molecule has 0 saturated carbocycles. The summed E-state index contributed by atoms with van der Waals surface area (Å²) < 4.78 is 48.7. The Kier molecular flexibility index (Phi) is 5.07. The van der Waals surface area contributed by atoms with Crippen molar-refractivity contribution in [2.24, 2.45) is 5.73 Å². The van der Waals surface area contributed by atoms with Gasteiger partial charge in [-0.2, -0.15) is 9.40 Å². The third-order valence-corrected chi connectivity index (χ3v) is 5.19. The lowest BCUT2D eigenvalue weighted by Gasteiger charge is -2.15. The molecule has 0 aliphatic rings. The lowest BCUT2D eigenvalue weighted by atomic mass is 10.6. The van der Waals surface area contributed by atoms with Crippen molar-refractivity contribution in [3.63, 3.8) is 0 Å². The lowest BCUT2D eigenvalue weighted by Crippen LogP contribution is -2.31. The van der Waals surface area contributed by atoms with Gasteiger partial charge in [0.15, 0.2) is 0 Å². The van der Waals surface area contributed by atoms with Crippen LogP contribution in [-0.4, -0.2) is 63.1 Å². The predicted molar refractivity (Wildman–Crippen MR) is 70.8 cm³/mol. The second kappa shape index (κ2) is 5.99. The quantitative estimate of drug-likeness (QED) is 0.656. The second-order valence-electron chi connectivity index (χ2n) is 4.18. The highest BCUT2D eigenvalue weighted by molar-refractivity contribution is 7.91. The molecule has 0 saturated heterocycles. The molecule has 1 heterocycles. The van der Waals surface area contributed by atoms with E-state index in [1.165, 1.54) is 24.1 Å². The van der Waals surface area contributed by atoms with Crippen LogP contribution >= 0.6 is 0 Å². The van der Waals surface area contributed by atoms with Gasteiger partial charge >= 0.3 is 0 Å². The van der Waals surface area contributed by atoms with E-state index in [1.807, 2.05) is 0 Å². The summed E-state index contributed by atoms with van der Waals surface area (Å²) in [5.41, 5.74) is 5.35. The van der Waals surface area contributed by atoms with Crippen LogP contribution in [0, 0.1) is 0 Å². The highest BCUT2D eigenvalue weighted by Gasteiger charge is 2.23. The molecule has 1 rings (SSSR count). The predicted octanol–water partition coefficient (Wildman–Crippen LogP) is -1.49. The summed E-state index contributed by atoms with van der Waals surface area (Å²) in [4.78, 5) is 0.0250. The van der Waals surface area contributed by atoms with Gasteiger partial charge in [-0.3, -0.25) is 4.68 Å². The van der Waals surface area contributed by atoms with Crippen LogP contribution in [0.1, 0.15) is 0 Å². The van der Waals surface area contributed by atoms with Crippen molar-refractivity contribution in [2.45, 2.75) is 11.4 Å². The molecular formula is C9H18N4O4S2. The molecule has 0 atom stereocenters. The van der Waals surface area contributed by atoms with Gasteiger partial charge in [0.2, 0.25) is 10.0 Å². The SMILES string of the molecule is CN(CCS(C)(=O)=O)S(=O)(=O)c1cnn(CCN)c1. The summed E-state index contributed by atoms with van der Waals surface area (Å²) >= 11 is 0.